The van der Waals surface area contributed by atoms with Crippen LogP contribution in [0.1, 0.15) is 50.8 Å². The molecule has 0 saturated heterocycles. The summed E-state index contributed by atoms with van der Waals surface area (Å²) >= 11 is 0. The zero-order valence-electron chi connectivity index (χ0n) is 24.4. The number of rotatable bonds is 11. The summed E-state index contributed by atoms with van der Waals surface area (Å²) in [7, 11) is 0. The first-order chi connectivity index (χ1) is 20.9. The second-order valence-corrected chi connectivity index (χ2v) is 10.6. The Balaban J connectivity index is 1.41. The van der Waals surface area contributed by atoms with Crippen LogP contribution in [-0.4, -0.2) is 58.9 Å². The summed E-state index contributed by atoms with van der Waals surface area (Å²) in [5, 5.41) is 9.40. The van der Waals surface area contributed by atoms with Gasteiger partial charge in [0.15, 0.2) is 0 Å². The quantitative estimate of drug-likeness (QED) is 0.233. The fourth-order valence-corrected chi connectivity index (χ4v) is 5.55. The monoisotopic (exact) mass is 576 g/mol. The maximum absolute atomic E-state index is 14.0. The molecule has 0 radical (unpaired) electrons. The van der Waals surface area contributed by atoms with E-state index in [-0.39, 0.29) is 24.8 Å². The van der Waals surface area contributed by atoms with Crippen LogP contribution in [0.5, 0.6) is 5.75 Å². The molecule has 0 aliphatic carbocycles. The molecule has 0 saturated carbocycles. The fourth-order valence-electron chi connectivity index (χ4n) is 5.55. The number of carboxylic acid groups (broad SMARTS) is 1. The molecule has 7 heteroatoms. The third kappa shape index (κ3) is 7.12. The first-order valence-corrected chi connectivity index (χ1v) is 14.7. The Hall–Kier alpha value is -4.91. The van der Waals surface area contributed by atoms with Crippen LogP contribution in [0.25, 0.3) is 11.1 Å². The molecule has 0 spiro atoms. The summed E-state index contributed by atoms with van der Waals surface area (Å²) in [6, 6.07) is 30.6. The van der Waals surface area contributed by atoms with Gasteiger partial charge in [0.25, 0.3) is 11.8 Å². The van der Waals surface area contributed by atoms with E-state index < -0.39 is 5.97 Å². The molecule has 7 nitrogen and oxygen atoms in total. The lowest BCUT2D eigenvalue weighted by molar-refractivity contribution is -0.137. The molecule has 1 N–H and O–H groups in total. The zero-order chi connectivity index (χ0) is 30.2. The highest BCUT2D eigenvalue weighted by molar-refractivity contribution is 6.06. The van der Waals surface area contributed by atoms with Crippen molar-refractivity contribution in [2.75, 3.05) is 26.2 Å². The second-order valence-electron chi connectivity index (χ2n) is 10.6. The van der Waals surface area contributed by atoms with Gasteiger partial charge in [0.1, 0.15) is 5.75 Å². The van der Waals surface area contributed by atoms with Crippen molar-refractivity contribution in [2.45, 2.75) is 32.7 Å². The lowest BCUT2D eigenvalue weighted by Crippen LogP contribution is -2.36. The van der Waals surface area contributed by atoms with E-state index in [1.54, 1.807) is 17.0 Å². The van der Waals surface area contributed by atoms with Crippen LogP contribution in [0, 0.1) is 0 Å². The SMILES string of the molecule is CCOc1ccc(CCN(CCC(=O)O)C(=O)c2ccccc2-c2ccccc2C(=O)N2CCc3ccccc3C2)cc1. The lowest BCUT2D eigenvalue weighted by Gasteiger charge is -2.30. The number of amides is 2. The maximum atomic E-state index is 14.0. The average Bonchev–Trinajstić information content (AvgIpc) is 3.04. The molecule has 220 valence electrons. The second kappa shape index (κ2) is 13.8. The van der Waals surface area contributed by atoms with Crippen molar-refractivity contribution in [3.05, 3.63) is 125 Å². The summed E-state index contributed by atoms with van der Waals surface area (Å²) in [6.07, 6.45) is 1.19. The number of carboxylic acids is 1. The zero-order valence-corrected chi connectivity index (χ0v) is 24.4. The number of carbonyl (C=O) groups excluding carboxylic acids is 2. The molecule has 0 bridgehead atoms. The smallest absolute Gasteiger partial charge is 0.305 e. The van der Waals surface area contributed by atoms with Gasteiger partial charge in [-0.15, -0.1) is 0 Å². The first-order valence-electron chi connectivity index (χ1n) is 14.7. The predicted molar refractivity (Wildman–Crippen MR) is 166 cm³/mol. The highest BCUT2D eigenvalue weighted by atomic mass is 16.5. The molecule has 0 unspecified atom stereocenters. The molecular weight excluding hydrogens is 540 g/mol. The van der Waals surface area contributed by atoms with Crippen LogP contribution in [0.3, 0.4) is 0 Å². The van der Waals surface area contributed by atoms with Crippen molar-refractivity contribution in [3.8, 4) is 16.9 Å². The van der Waals surface area contributed by atoms with Crippen LogP contribution in [0.2, 0.25) is 0 Å². The highest BCUT2D eigenvalue weighted by Gasteiger charge is 2.26. The van der Waals surface area contributed by atoms with E-state index in [0.29, 0.717) is 54.9 Å². The third-order valence-corrected chi connectivity index (χ3v) is 7.81. The molecule has 43 heavy (non-hydrogen) atoms. The van der Waals surface area contributed by atoms with Gasteiger partial charge in [0.05, 0.1) is 13.0 Å². The molecular formula is C36H36N2O5. The van der Waals surface area contributed by atoms with Crippen LogP contribution in [0.4, 0.5) is 0 Å². The van der Waals surface area contributed by atoms with Gasteiger partial charge in [-0.25, -0.2) is 0 Å². The summed E-state index contributed by atoms with van der Waals surface area (Å²) in [4.78, 5) is 42.9. The first kappa shape index (κ1) is 29.6. The number of hydrogen-bond acceptors (Lipinski definition) is 4. The predicted octanol–water partition coefficient (Wildman–Crippen LogP) is 6.11. The number of nitrogens with zero attached hydrogens (tertiary/aromatic N) is 2. The molecule has 0 fully saturated rings. The standard InChI is InChI=1S/C36H36N2O5/c1-2-43-29-17-15-26(16-18-29)19-22-37(24-21-34(39)40)35(41)32-13-7-5-11-30(32)31-12-6-8-14-33(31)36(42)38-23-20-27-9-3-4-10-28(27)25-38/h3-18H,2,19-25H2,1H3,(H,39,40). The van der Waals surface area contributed by atoms with Crippen molar-refractivity contribution in [2.24, 2.45) is 0 Å². The van der Waals surface area contributed by atoms with Crippen LogP contribution in [0.15, 0.2) is 97.1 Å². The Morgan fingerprint density at radius 2 is 1.42 bits per heavy atom. The van der Waals surface area contributed by atoms with Gasteiger partial charge in [0, 0.05) is 37.3 Å². The normalized spacial score (nSPS) is 12.3. The largest absolute Gasteiger partial charge is 0.494 e. The Labute approximate surface area is 252 Å². The maximum Gasteiger partial charge on any atom is 0.305 e. The number of benzene rings is 4. The van der Waals surface area contributed by atoms with Crippen molar-refractivity contribution in [1.82, 2.24) is 9.80 Å². The van der Waals surface area contributed by atoms with E-state index >= 15 is 0 Å². The van der Waals surface area contributed by atoms with Crippen molar-refractivity contribution in [3.63, 3.8) is 0 Å². The van der Waals surface area contributed by atoms with E-state index in [4.69, 9.17) is 4.74 Å². The number of ether oxygens (including phenoxy) is 1. The van der Waals surface area contributed by atoms with Gasteiger partial charge >= 0.3 is 5.97 Å². The average molecular weight is 577 g/mol. The third-order valence-electron chi connectivity index (χ3n) is 7.81. The van der Waals surface area contributed by atoms with E-state index in [2.05, 4.69) is 12.1 Å². The van der Waals surface area contributed by atoms with Gasteiger partial charge in [-0.2, -0.15) is 0 Å². The van der Waals surface area contributed by atoms with Gasteiger partial charge in [0.2, 0.25) is 0 Å². The summed E-state index contributed by atoms with van der Waals surface area (Å²) in [6.45, 7) is 4.10. The van der Waals surface area contributed by atoms with E-state index in [9.17, 15) is 19.5 Å². The number of hydrogen-bond donors (Lipinski definition) is 1. The van der Waals surface area contributed by atoms with Crippen LogP contribution >= 0.6 is 0 Å². The minimum absolute atomic E-state index is 0.0767. The van der Waals surface area contributed by atoms with Gasteiger partial charge < -0.3 is 19.6 Å². The molecule has 0 aromatic heterocycles. The van der Waals surface area contributed by atoms with E-state index in [0.717, 1.165) is 23.3 Å². The molecule has 4 aromatic carbocycles. The number of aliphatic carboxylic acids is 1. The molecule has 1 aliphatic heterocycles. The Kier molecular flexibility index (Phi) is 9.52. The Bertz CT molecular complexity index is 1600. The van der Waals surface area contributed by atoms with Crippen molar-refractivity contribution >= 4 is 17.8 Å². The number of carbonyl (C=O) groups is 3. The molecule has 1 aliphatic rings. The van der Waals surface area contributed by atoms with Crippen molar-refractivity contribution < 1.29 is 24.2 Å². The summed E-state index contributed by atoms with van der Waals surface area (Å²) < 4.78 is 5.53. The Morgan fingerprint density at radius 1 is 0.791 bits per heavy atom. The van der Waals surface area contributed by atoms with Gasteiger partial charge in [-0.1, -0.05) is 72.8 Å². The fraction of sp³-hybridized carbons (Fsp3) is 0.250. The molecule has 4 aromatic rings. The van der Waals surface area contributed by atoms with Gasteiger partial charge in [-0.05, 0) is 71.8 Å². The summed E-state index contributed by atoms with van der Waals surface area (Å²) in [5.74, 6) is -0.533. The van der Waals surface area contributed by atoms with E-state index in [1.165, 1.54) is 5.56 Å². The lowest BCUT2D eigenvalue weighted by atomic mass is 9.93. The highest BCUT2D eigenvalue weighted by Crippen LogP contribution is 2.30. The Morgan fingerprint density at radius 3 is 2.12 bits per heavy atom. The topological polar surface area (TPSA) is 87.1 Å². The molecule has 5 rings (SSSR count). The van der Waals surface area contributed by atoms with E-state index in [1.807, 2.05) is 84.6 Å². The van der Waals surface area contributed by atoms with Crippen LogP contribution < -0.4 is 4.74 Å². The molecule has 2 amide bonds. The summed E-state index contributed by atoms with van der Waals surface area (Å²) in [5.41, 5.74) is 5.73. The number of fused-ring (bicyclic) bond motifs is 1. The minimum Gasteiger partial charge on any atom is -0.494 e. The van der Waals surface area contributed by atoms with Gasteiger partial charge in [-0.3, -0.25) is 14.4 Å². The molecule has 0 atom stereocenters. The molecule has 1 heterocycles. The minimum atomic E-state index is -0.966. The van der Waals surface area contributed by atoms with Crippen molar-refractivity contribution in [1.29, 1.82) is 0 Å². The van der Waals surface area contributed by atoms with Crippen LogP contribution in [-0.2, 0) is 24.2 Å².